The summed E-state index contributed by atoms with van der Waals surface area (Å²) in [6, 6.07) is 15.8. The summed E-state index contributed by atoms with van der Waals surface area (Å²) in [5, 5.41) is 3.99. The van der Waals surface area contributed by atoms with E-state index >= 15 is 0 Å². The summed E-state index contributed by atoms with van der Waals surface area (Å²) in [5.74, 6) is 0.368. The van der Waals surface area contributed by atoms with Gasteiger partial charge in [0.15, 0.2) is 0 Å². The van der Waals surface area contributed by atoms with E-state index in [4.69, 9.17) is 0 Å². The van der Waals surface area contributed by atoms with Crippen LogP contribution in [0, 0.1) is 6.92 Å². The molecule has 0 saturated heterocycles. The predicted molar refractivity (Wildman–Crippen MR) is 91.4 cm³/mol. The van der Waals surface area contributed by atoms with Gasteiger partial charge in [0.1, 0.15) is 6.54 Å². The van der Waals surface area contributed by atoms with Gasteiger partial charge in [0.25, 0.3) is 0 Å². The van der Waals surface area contributed by atoms with Gasteiger partial charge in [-0.2, -0.15) is 0 Å². The fourth-order valence-electron chi connectivity index (χ4n) is 2.85. The third kappa shape index (κ3) is 2.46. The first kappa shape index (κ1) is 13.6. The molecule has 2 aromatic carbocycles. The molecule has 0 aliphatic rings. The quantitative estimate of drug-likeness (QED) is 0.609. The molecule has 0 radical (unpaired) electrons. The Hall–Kier alpha value is -3.08. The van der Waals surface area contributed by atoms with Crippen LogP contribution < -0.4 is 5.32 Å². The van der Waals surface area contributed by atoms with Crippen molar-refractivity contribution in [3.8, 4) is 0 Å². The smallest absolute Gasteiger partial charge is 0.246 e. The summed E-state index contributed by atoms with van der Waals surface area (Å²) in [4.78, 5) is 19.8. The molecule has 23 heavy (non-hydrogen) atoms. The highest BCUT2D eigenvalue weighted by Crippen LogP contribution is 2.19. The fraction of sp³-hybridized carbons (Fsp3) is 0.111. The Kier molecular flexibility index (Phi) is 3.12. The second kappa shape index (κ2) is 5.28. The molecule has 2 aromatic heterocycles. The molecule has 0 aliphatic heterocycles. The number of H-pyrrole nitrogens is 1. The summed E-state index contributed by atoms with van der Waals surface area (Å²) in [6.45, 7) is 2.32. The van der Waals surface area contributed by atoms with E-state index in [-0.39, 0.29) is 12.5 Å². The van der Waals surface area contributed by atoms with E-state index in [1.165, 1.54) is 10.9 Å². The third-order valence-electron chi connectivity index (χ3n) is 3.99. The first-order valence-electron chi connectivity index (χ1n) is 7.50. The highest BCUT2D eigenvalue weighted by atomic mass is 16.2. The van der Waals surface area contributed by atoms with Crippen molar-refractivity contribution in [1.29, 1.82) is 0 Å². The number of fused-ring (bicyclic) bond motifs is 2. The second-order valence-corrected chi connectivity index (χ2v) is 5.60. The molecular formula is C18H16N4O. The zero-order valence-electron chi connectivity index (χ0n) is 12.7. The van der Waals surface area contributed by atoms with Crippen molar-refractivity contribution in [3.63, 3.8) is 0 Å². The van der Waals surface area contributed by atoms with Gasteiger partial charge >= 0.3 is 0 Å². The molecule has 5 nitrogen and oxygen atoms in total. The number of para-hydroxylation sites is 2. The lowest BCUT2D eigenvalue weighted by Gasteiger charge is -2.06. The Bertz CT molecular complexity index is 979. The first-order valence-corrected chi connectivity index (χ1v) is 7.50. The number of amides is 1. The number of benzene rings is 2. The minimum Gasteiger partial charge on any atom is -0.338 e. The standard InChI is InChI=1S/C18H16N4O/c1-12-5-4-8-16-13(12)9-10-22(16)11-17(23)21-18-19-14-6-2-3-7-15(14)20-18/h2-10H,11H2,1H3,(H2,19,20,21,23). The zero-order valence-corrected chi connectivity index (χ0v) is 12.7. The number of carbonyl (C=O) groups excluding carboxylic acids is 1. The molecule has 5 heteroatoms. The van der Waals surface area contributed by atoms with Gasteiger partial charge in [-0.25, -0.2) is 4.98 Å². The highest BCUT2D eigenvalue weighted by molar-refractivity contribution is 5.92. The van der Waals surface area contributed by atoms with Gasteiger partial charge in [0, 0.05) is 17.1 Å². The lowest BCUT2D eigenvalue weighted by atomic mass is 10.1. The van der Waals surface area contributed by atoms with E-state index in [2.05, 4.69) is 28.3 Å². The fourth-order valence-corrected chi connectivity index (χ4v) is 2.85. The Morgan fingerprint density at radius 2 is 2.04 bits per heavy atom. The number of hydrogen-bond donors (Lipinski definition) is 2. The number of rotatable bonds is 3. The SMILES string of the molecule is Cc1cccc2c1ccn2CC(=O)Nc1nc2ccccc2[nH]1. The Morgan fingerprint density at radius 3 is 2.91 bits per heavy atom. The van der Waals surface area contributed by atoms with Gasteiger partial charge < -0.3 is 9.55 Å². The maximum Gasteiger partial charge on any atom is 0.246 e. The number of aryl methyl sites for hydroxylation is 1. The van der Waals surface area contributed by atoms with Crippen molar-refractivity contribution < 1.29 is 4.79 Å². The maximum atomic E-state index is 12.3. The zero-order chi connectivity index (χ0) is 15.8. The normalized spacial score (nSPS) is 11.2. The van der Waals surface area contributed by atoms with Crippen LogP contribution in [0.15, 0.2) is 54.7 Å². The molecule has 0 spiro atoms. The molecule has 0 saturated carbocycles. The number of nitrogens with one attached hydrogen (secondary N) is 2. The Labute approximate surface area is 133 Å². The number of aromatic amines is 1. The summed E-state index contributed by atoms with van der Waals surface area (Å²) in [7, 11) is 0. The molecule has 4 aromatic rings. The Morgan fingerprint density at radius 1 is 1.17 bits per heavy atom. The van der Waals surface area contributed by atoms with Crippen LogP contribution in [-0.2, 0) is 11.3 Å². The Balaban J connectivity index is 1.56. The van der Waals surface area contributed by atoms with Crippen molar-refractivity contribution in [2.75, 3.05) is 5.32 Å². The summed E-state index contributed by atoms with van der Waals surface area (Å²) < 4.78 is 1.94. The summed E-state index contributed by atoms with van der Waals surface area (Å²) in [6.07, 6.45) is 1.94. The molecule has 0 bridgehead atoms. The van der Waals surface area contributed by atoms with E-state index in [1.54, 1.807) is 0 Å². The van der Waals surface area contributed by atoms with Crippen LogP contribution >= 0.6 is 0 Å². The van der Waals surface area contributed by atoms with Gasteiger partial charge in [0.2, 0.25) is 11.9 Å². The van der Waals surface area contributed by atoms with Crippen molar-refractivity contribution in [2.45, 2.75) is 13.5 Å². The van der Waals surface area contributed by atoms with Gasteiger partial charge in [-0.15, -0.1) is 0 Å². The van der Waals surface area contributed by atoms with E-state index in [9.17, 15) is 4.79 Å². The lowest BCUT2D eigenvalue weighted by Crippen LogP contribution is -2.18. The number of aromatic nitrogens is 3. The molecule has 2 N–H and O–H groups in total. The molecule has 0 fully saturated rings. The minimum atomic E-state index is -0.108. The van der Waals surface area contributed by atoms with E-state index in [0.717, 1.165) is 16.6 Å². The van der Waals surface area contributed by atoms with Gasteiger partial charge in [-0.05, 0) is 36.8 Å². The number of hydrogen-bond acceptors (Lipinski definition) is 2. The molecule has 0 aliphatic carbocycles. The van der Waals surface area contributed by atoms with E-state index < -0.39 is 0 Å². The average Bonchev–Trinajstić information content (AvgIpc) is 3.12. The summed E-state index contributed by atoms with van der Waals surface area (Å²) in [5.41, 5.74) is 4.01. The molecule has 0 unspecified atom stereocenters. The number of nitrogens with zero attached hydrogens (tertiary/aromatic N) is 2. The van der Waals surface area contributed by atoms with Crippen LogP contribution in [-0.4, -0.2) is 20.4 Å². The third-order valence-corrected chi connectivity index (χ3v) is 3.99. The van der Waals surface area contributed by atoms with Crippen LogP contribution in [0.4, 0.5) is 5.95 Å². The molecule has 114 valence electrons. The van der Waals surface area contributed by atoms with Crippen molar-refractivity contribution in [1.82, 2.24) is 14.5 Å². The van der Waals surface area contributed by atoms with Crippen molar-refractivity contribution in [2.24, 2.45) is 0 Å². The monoisotopic (exact) mass is 304 g/mol. The van der Waals surface area contributed by atoms with Crippen molar-refractivity contribution in [3.05, 3.63) is 60.3 Å². The molecule has 2 heterocycles. The lowest BCUT2D eigenvalue weighted by molar-refractivity contribution is -0.116. The average molecular weight is 304 g/mol. The van der Waals surface area contributed by atoms with Gasteiger partial charge in [0.05, 0.1) is 11.0 Å². The van der Waals surface area contributed by atoms with Crippen LogP contribution in [0.3, 0.4) is 0 Å². The minimum absolute atomic E-state index is 0.108. The molecule has 0 atom stereocenters. The largest absolute Gasteiger partial charge is 0.338 e. The summed E-state index contributed by atoms with van der Waals surface area (Å²) >= 11 is 0. The van der Waals surface area contributed by atoms with Crippen LogP contribution in [0.2, 0.25) is 0 Å². The molecular weight excluding hydrogens is 288 g/mol. The van der Waals surface area contributed by atoms with Crippen LogP contribution in [0.5, 0.6) is 0 Å². The first-order chi connectivity index (χ1) is 11.2. The van der Waals surface area contributed by atoms with E-state index in [1.807, 2.05) is 53.2 Å². The molecule has 1 amide bonds. The number of carbonyl (C=O) groups is 1. The maximum absolute atomic E-state index is 12.3. The van der Waals surface area contributed by atoms with Crippen LogP contribution in [0.1, 0.15) is 5.56 Å². The van der Waals surface area contributed by atoms with Gasteiger partial charge in [-0.3, -0.25) is 10.1 Å². The number of imidazole rings is 1. The van der Waals surface area contributed by atoms with Gasteiger partial charge in [-0.1, -0.05) is 24.3 Å². The number of anilines is 1. The van der Waals surface area contributed by atoms with E-state index in [0.29, 0.717) is 5.95 Å². The predicted octanol–water partition coefficient (Wildman–Crippen LogP) is 3.46. The van der Waals surface area contributed by atoms with Crippen molar-refractivity contribution >= 4 is 33.8 Å². The second-order valence-electron chi connectivity index (χ2n) is 5.60. The highest BCUT2D eigenvalue weighted by Gasteiger charge is 2.09. The molecule has 4 rings (SSSR count). The van der Waals surface area contributed by atoms with Crippen LogP contribution in [0.25, 0.3) is 21.9 Å². The topological polar surface area (TPSA) is 62.7 Å².